The number of nitriles is 1. The van der Waals surface area contributed by atoms with E-state index in [0.717, 1.165) is 17.8 Å². The maximum Gasteiger partial charge on any atom is 0.239 e. The first kappa shape index (κ1) is 16.5. The van der Waals surface area contributed by atoms with Crippen LogP contribution in [-0.2, 0) is 22.3 Å². The van der Waals surface area contributed by atoms with Gasteiger partial charge in [0.05, 0.1) is 23.1 Å². The van der Waals surface area contributed by atoms with Crippen LogP contribution in [0, 0.1) is 11.3 Å². The van der Waals surface area contributed by atoms with Crippen molar-refractivity contribution in [3.63, 3.8) is 0 Å². The lowest BCUT2D eigenvalue weighted by molar-refractivity contribution is 0.344. The van der Waals surface area contributed by atoms with Crippen molar-refractivity contribution in [2.45, 2.75) is 12.3 Å². The van der Waals surface area contributed by atoms with E-state index >= 15 is 0 Å². The monoisotopic (exact) mass is 341 g/mol. The van der Waals surface area contributed by atoms with Crippen molar-refractivity contribution in [2.24, 2.45) is 0 Å². The average molecular weight is 341 g/mol. The highest BCUT2D eigenvalue weighted by molar-refractivity contribution is 7.92. The van der Waals surface area contributed by atoms with Crippen molar-refractivity contribution < 1.29 is 8.42 Å². The van der Waals surface area contributed by atoms with Crippen LogP contribution in [-0.4, -0.2) is 33.5 Å². The van der Waals surface area contributed by atoms with E-state index in [1.807, 2.05) is 37.4 Å². The Labute approximate surface area is 142 Å². The van der Waals surface area contributed by atoms with Crippen molar-refractivity contribution in [1.82, 2.24) is 4.90 Å². The molecule has 1 aliphatic heterocycles. The van der Waals surface area contributed by atoms with Gasteiger partial charge >= 0.3 is 0 Å². The van der Waals surface area contributed by atoms with Crippen LogP contribution < -0.4 is 4.31 Å². The predicted octanol–water partition coefficient (Wildman–Crippen LogP) is 2.34. The minimum absolute atomic E-state index is 0.0727. The summed E-state index contributed by atoms with van der Waals surface area (Å²) in [6, 6.07) is 16.4. The molecule has 0 aromatic heterocycles. The third kappa shape index (κ3) is 3.42. The van der Waals surface area contributed by atoms with E-state index in [2.05, 4.69) is 4.90 Å². The first-order valence-electron chi connectivity index (χ1n) is 7.75. The fourth-order valence-corrected chi connectivity index (χ4v) is 4.50. The molecule has 0 unspecified atom stereocenters. The maximum absolute atomic E-state index is 13.0. The predicted molar refractivity (Wildman–Crippen MR) is 93.9 cm³/mol. The van der Waals surface area contributed by atoms with Crippen LogP contribution in [0.2, 0.25) is 0 Å². The van der Waals surface area contributed by atoms with Crippen LogP contribution in [0.3, 0.4) is 0 Å². The number of nitrogens with zero attached hydrogens (tertiary/aromatic N) is 3. The zero-order valence-corrected chi connectivity index (χ0v) is 14.3. The fourth-order valence-electron chi connectivity index (χ4n) is 2.89. The second kappa shape index (κ2) is 6.63. The second-order valence-electron chi connectivity index (χ2n) is 6.00. The molecule has 0 saturated heterocycles. The molecule has 1 aliphatic rings. The molecule has 0 spiro atoms. The Bertz CT molecular complexity index is 870. The Morgan fingerprint density at radius 3 is 2.50 bits per heavy atom. The molecule has 0 atom stereocenters. The SMILES string of the molecule is CN1CCN(S(=O)(=O)Cc2ccc(C#N)cc2)c2ccccc2C1. The zero-order chi connectivity index (χ0) is 17.2. The zero-order valence-electron chi connectivity index (χ0n) is 13.5. The highest BCUT2D eigenvalue weighted by Gasteiger charge is 2.27. The lowest BCUT2D eigenvalue weighted by atomic mass is 10.2. The van der Waals surface area contributed by atoms with E-state index in [1.54, 1.807) is 24.3 Å². The molecule has 0 aliphatic carbocycles. The number of hydrogen-bond donors (Lipinski definition) is 0. The van der Waals surface area contributed by atoms with E-state index in [-0.39, 0.29) is 5.75 Å². The molecule has 1 heterocycles. The molecule has 0 amide bonds. The van der Waals surface area contributed by atoms with E-state index in [0.29, 0.717) is 24.2 Å². The lowest BCUT2D eigenvalue weighted by Crippen LogP contribution is -2.36. The summed E-state index contributed by atoms with van der Waals surface area (Å²) in [5.74, 6) is -0.0727. The van der Waals surface area contributed by atoms with Gasteiger partial charge in [0, 0.05) is 19.6 Å². The van der Waals surface area contributed by atoms with Gasteiger partial charge in [0.1, 0.15) is 0 Å². The van der Waals surface area contributed by atoms with Crippen LogP contribution >= 0.6 is 0 Å². The number of para-hydroxylation sites is 1. The van der Waals surface area contributed by atoms with Gasteiger partial charge in [-0.05, 0) is 36.4 Å². The van der Waals surface area contributed by atoms with Gasteiger partial charge in [-0.15, -0.1) is 0 Å². The standard InChI is InChI=1S/C18H19N3O2S/c1-20-10-11-21(18-5-3-2-4-17(18)13-20)24(22,23)14-16-8-6-15(12-19)7-9-16/h2-9H,10-11,13-14H2,1H3. The number of fused-ring (bicyclic) bond motifs is 1. The third-order valence-electron chi connectivity index (χ3n) is 4.15. The number of sulfonamides is 1. The smallest absolute Gasteiger partial charge is 0.239 e. The van der Waals surface area contributed by atoms with E-state index in [1.165, 1.54) is 4.31 Å². The molecule has 2 aromatic rings. The first-order valence-corrected chi connectivity index (χ1v) is 9.36. The molecular weight excluding hydrogens is 322 g/mol. The second-order valence-corrected chi connectivity index (χ2v) is 7.90. The van der Waals surface area contributed by atoms with Gasteiger partial charge in [-0.2, -0.15) is 5.26 Å². The van der Waals surface area contributed by atoms with Crippen LogP contribution in [0.1, 0.15) is 16.7 Å². The highest BCUT2D eigenvalue weighted by atomic mass is 32.2. The summed E-state index contributed by atoms with van der Waals surface area (Å²) in [6.45, 7) is 1.85. The van der Waals surface area contributed by atoms with Gasteiger partial charge < -0.3 is 4.90 Å². The lowest BCUT2D eigenvalue weighted by Gasteiger charge is -2.24. The van der Waals surface area contributed by atoms with E-state index in [4.69, 9.17) is 5.26 Å². The van der Waals surface area contributed by atoms with Gasteiger partial charge in [0.2, 0.25) is 10.0 Å². The largest absolute Gasteiger partial charge is 0.300 e. The summed E-state index contributed by atoms with van der Waals surface area (Å²) >= 11 is 0. The number of benzene rings is 2. The van der Waals surface area contributed by atoms with Crippen LogP contribution in [0.5, 0.6) is 0 Å². The van der Waals surface area contributed by atoms with Crippen LogP contribution in [0.25, 0.3) is 0 Å². The Morgan fingerprint density at radius 2 is 1.79 bits per heavy atom. The summed E-state index contributed by atoms with van der Waals surface area (Å²) in [5.41, 5.74) is 2.98. The summed E-state index contributed by atoms with van der Waals surface area (Å²) in [4.78, 5) is 2.12. The molecule has 24 heavy (non-hydrogen) atoms. The fraction of sp³-hybridized carbons (Fsp3) is 0.278. The topological polar surface area (TPSA) is 64.4 Å². The third-order valence-corrected chi connectivity index (χ3v) is 5.90. The molecular formula is C18H19N3O2S. The first-order chi connectivity index (χ1) is 11.5. The van der Waals surface area contributed by atoms with Crippen molar-refractivity contribution in [1.29, 1.82) is 5.26 Å². The summed E-state index contributed by atoms with van der Waals surface area (Å²) in [7, 11) is -1.50. The van der Waals surface area contributed by atoms with Gasteiger partial charge in [-0.1, -0.05) is 30.3 Å². The van der Waals surface area contributed by atoms with Gasteiger partial charge in [-0.25, -0.2) is 8.42 Å². The molecule has 0 bridgehead atoms. The Morgan fingerprint density at radius 1 is 1.08 bits per heavy atom. The van der Waals surface area contributed by atoms with Crippen molar-refractivity contribution in [3.8, 4) is 6.07 Å². The molecule has 3 rings (SSSR count). The van der Waals surface area contributed by atoms with Gasteiger partial charge in [0.25, 0.3) is 0 Å². The quantitative estimate of drug-likeness (QED) is 0.859. The normalized spacial score (nSPS) is 15.4. The van der Waals surface area contributed by atoms with Crippen molar-refractivity contribution in [2.75, 3.05) is 24.4 Å². The number of likely N-dealkylation sites (N-methyl/N-ethyl adjacent to an activating group) is 1. The minimum Gasteiger partial charge on any atom is -0.300 e. The van der Waals surface area contributed by atoms with Crippen molar-refractivity contribution >= 4 is 15.7 Å². The number of rotatable bonds is 3. The summed E-state index contributed by atoms with van der Waals surface area (Å²) in [5, 5.41) is 8.85. The molecule has 5 nitrogen and oxygen atoms in total. The molecule has 0 N–H and O–H groups in total. The van der Waals surface area contributed by atoms with Gasteiger partial charge in [-0.3, -0.25) is 4.31 Å². The summed E-state index contributed by atoms with van der Waals surface area (Å²) in [6.07, 6.45) is 0. The minimum atomic E-state index is -3.49. The molecule has 124 valence electrons. The molecule has 0 saturated carbocycles. The Hall–Kier alpha value is -2.36. The molecule has 6 heteroatoms. The Kier molecular flexibility index (Phi) is 4.56. The molecule has 0 fully saturated rings. The number of anilines is 1. The molecule has 2 aromatic carbocycles. The van der Waals surface area contributed by atoms with Crippen LogP contribution in [0.15, 0.2) is 48.5 Å². The van der Waals surface area contributed by atoms with Gasteiger partial charge in [0.15, 0.2) is 0 Å². The van der Waals surface area contributed by atoms with Crippen LogP contribution in [0.4, 0.5) is 5.69 Å². The number of hydrogen-bond acceptors (Lipinski definition) is 4. The highest BCUT2D eigenvalue weighted by Crippen LogP contribution is 2.28. The summed E-state index contributed by atoms with van der Waals surface area (Å²) < 4.78 is 27.5. The van der Waals surface area contributed by atoms with Crippen molar-refractivity contribution in [3.05, 3.63) is 65.2 Å². The van der Waals surface area contributed by atoms with E-state index < -0.39 is 10.0 Å². The maximum atomic E-state index is 13.0. The van der Waals surface area contributed by atoms with E-state index in [9.17, 15) is 8.42 Å². The molecule has 0 radical (unpaired) electrons. The average Bonchev–Trinajstić information content (AvgIpc) is 2.73. The Balaban J connectivity index is 1.92.